The van der Waals surface area contributed by atoms with Gasteiger partial charge in [0.25, 0.3) is 0 Å². The highest BCUT2D eigenvalue weighted by Crippen LogP contribution is 2.10. The first-order valence-electron chi connectivity index (χ1n) is 6.05. The number of benzene rings is 1. The molecule has 1 aromatic carbocycles. The van der Waals surface area contributed by atoms with Crippen LogP contribution in [0.3, 0.4) is 0 Å². The SMILES string of the molecule is O=C1CCSC[C@H](C(=O)NCc2ccccc2F)N1. The van der Waals surface area contributed by atoms with Crippen molar-refractivity contribution in [3.63, 3.8) is 0 Å². The number of amides is 2. The summed E-state index contributed by atoms with van der Waals surface area (Å²) in [6, 6.07) is 5.75. The second-order valence-corrected chi connectivity index (χ2v) is 5.40. The molecule has 2 N–H and O–H groups in total. The van der Waals surface area contributed by atoms with Crippen molar-refractivity contribution >= 4 is 23.6 Å². The van der Waals surface area contributed by atoms with Crippen LogP contribution < -0.4 is 10.6 Å². The van der Waals surface area contributed by atoms with Crippen LogP contribution in [0.25, 0.3) is 0 Å². The van der Waals surface area contributed by atoms with Gasteiger partial charge in [0.15, 0.2) is 0 Å². The first-order chi connectivity index (χ1) is 9.16. The Morgan fingerprint density at radius 1 is 1.47 bits per heavy atom. The third-order valence-corrected chi connectivity index (χ3v) is 3.88. The van der Waals surface area contributed by atoms with Crippen LogP contribution in [-0.4, -0.2) is 29.4 Å². The summed E-state index contributed by atoms with van der Waals surface area (Å²) in [6.07, 6.45) is 0.432. The summed E-state index contributed by atoms with van der Waals surface area (Å²) in [7, 11) is 0. The number of carbonyl (C=O) groups is 2. The van der Waals surface area contributed by atoms with Gasteiger partial charge in [0.2, 0.25) is 11.8 Å². The fourth-order valence-corrected chi connectivity index (χ4v) is 2.73. The minimum atomic E-state index is -0.535. The molecule has 0 bridgehead atoms. The van der Waals surface area contributed by atoms with Crippen molar-refractivity contribution in [2.24, 2.45) is 0 Å². The van der Waals surface area contributed by atoms with E-state index in [0.29, 0.717) is 17.7 Å². The normalized spacial score (nSPS) is 19.4. The van der Waals surface area contributed by atoms with E-state index in [1.807, 2.05) is 0 Å². The summed E-state index contributed by atoms with van der Waals surface area (Å²) in [5, 5.41) is 5.31. The first-order valence-corrected chi connectivity index (χ1v) is 7.20. The molecule has 19 heavy (non-hydrogen) atoms. The minimum Gasteiger partial charge on any atom is -0.350 e. The molecule has 1 atom stereocenters. The summed E-state index contributed by atoms with van der Waals surface area (Å²) in [6.45, 7) is 0.128. The highest BCUT2D eigenvalue weighted by molar-refractivity contribution is 7.99. The monoisotopic (exact) mass is 282 g/mol. The van der Waals surface area contributed by atoms with E-state index in [-0.39, 0.29) is 24.2 Å². The van der Waals surface area contributed by atoms with Crippen LogP contribution in [0.5, 0.6) is 0 Å². The molecule has 1 aromatic rings. The lowest BCUT2D eigenvalue weighted by atomic mass is 10.2. The minimum absolute atomic E-state index is 0.115. The molecule has 4 nitrogen and oxygen atoms in total. The van der Waals surface area contributed by atoms with Gasteiger partial charge in [-0.25, -0.2) is 4.39 Å². The lowest BCUT2D eigenvalue weighted by molar-refractivity contribution is -0.128. The lowest BCUT2D eigenvalue weighted by Gasteiger charge is -2.15. The molecule has 102 valence electrons. The highest BCUT2D eigenvalue weighted by Gasteiger charge is 2.23. The summed E-state index contributed by atoms with van der Waals surface area (Å²) < 4.78 is 13.4. The molecule has 6 heteroatoms. The van der Waals surface area contributed by atoms with Gasteiger partial charge >= 0.3 is 0 Å². The van der Waals surface area contributed by atoms with Crippen molar-refractivity contribution in [2.45, 2.75) is 19.0 Å². The molecule has 1 aliphatic rings. The van der Waals surface area contributed by atoms with E-state index in [1.54, 1.807) is 30.0 Å². The maximum absolute atomic E-state index is 13.4. The van der Waals surface area contributed by atoms with Crippen LogP contribution in [0.15, 0.2) is 24.3 Å². The molecule has 2 rings (SSSR count). The highest BCUT2D eigenvalue weighted by atomic mass is 32.2. The maximum atomic E-state index is 13.4. The lowest BCUT2D eigenvalue weighted by Crippen LogP contribution is -2.47. The molecule has 1 fully saturated rings. The molecule has 0 saturated carbocycles. The molecule has 2 amide bonds. The molecule has 0 aromatic heterocycles. The van der Waals surface area contributed by atoms with Crippen molar-refractivity contribution in [3.05, 3.63) is 35.6 Å². The van der Waals surface area contributed by atoms with Crippen LogP contribution in [0.1, 0.15) is 12.0 Å². The molecule has 0 aliphatic carbocycles. The van der Waals surface area contributed by atoms with Gasteiger partial charge in [0.1, 0.15) is 11.9 Å². The fraction of sp³-hybridized carbons (Fsp3) is 0.385. The second-order valence-electron chi connectivity index (χ2n) is 4.25. The second kappa shape index (κ2) is 6.56. The number of carbonyl (C=O) groups excluding carboxylic acids is 2. The predicted molar refractivity (Wildman–Crippen MR) is 72.1 cm³/mol. The van der Waals surface area contributed by atoms with Gasteiger partial charge in [-0.15, -0.1) is 0 Å². The van der Waals surface area contributed by atoms with Gasteiger partial charge in [-0.2, -0.15) is 11.8 Å². The van der Waals surface area contributed by atoms with E-state index in [1.165, 1.54) is 6.07 Å². The third-order valence-electron chi connectivity index (χ3n) is 2.82. The number of thioether (sulfide) groups is 1. The van der Waals surface area contributed by atoms with Gasteiger partial charge in [-0.1, -0.05) is 18.2 Å². The van der Waals surface area contributed by atoms with Crippen LogP contribution >= 0.6 is 11.8 Å². The molecular weight excluding hydrogens is 267 g/mol. The molecule has 0 radical (unpaired) electrons. The van der Waals surface area contributed by atoms with Crippen LogP contribution in [0.4, 0.5) is 4.39 Å². The number of hydrogen-bond donors (Lipinski definition) is 2. The molecule has 1 saturated heterocycles. The molecule has 0 unspecified atom stereocenters. The number of hydrogen-bond acceptors (Lipinski definition) is 3. The number of halogens is 1. The molecule has 1 heterocycles. The Morgan fingerprint density at radius 3 is 3.05 bits per heavy atom. The number of rotatable bonds is 3. The summed E-state index contributed by atoms with van der Waals surface area (Å²) in [5.74, 6) is 0.543. The van der Waals surface area contributed by atoms with Crippen LogP contribution in [0.2, 0.25) is 0 Å². The van der Waals surface area contributed by atoms with Gasteiger partial charge in [-0.05, 0) is 6.07 Å². The van der Waals surface area contributed by atoms with E-state index >= 15 is 0 Å². The first kappa shape index (κ1) is 13.9. The van der Waals surface area contributed by atoms with Crippen molar-refractivity contribution in [2.75, 3.05) is 11.5 Å². The van der Waals surface area contributed by atoms with E-state index in [9.17, 15) is 14.0 Å². The van der Waals surface area contributed by atoms with Gasteiger partial charge in [-0.3, -0.25) is 9.59 Å². The van der Waals surface area contributed by atoms with Crippen molar-refractivity contribution in [1.29, 1.82) is 0 Å². The third kappa shape index (κ3) is 3.96. The van der Waals surface area contributed by atoms with Crippen LogP contribution in [-0.2, 0) is 16.1 Å². The van der Waals surface area contributed by atoms with Crippen LogP contribution in [0, 0.1) is 5.82 Å². The van der Waals surface area contributed by atoms with Crippen molar-refractivity contribution < 1.29 is 14.0 Å². The summed E-state index contributed by atoms with van der Waals surface area (Å²) in [5.41, 5.74) is 0.434. The zero-order valence-electron chi connectivity index (χ0n) is 10.3. The zero-order chi connectivity index (χ0) is 13.7. The van der Waals surface area contributed by atoms with E-state index in [2.05, 4.69) is 10.6 Å². The Morgan fingerprint density at radius 2 is 2.26 bits per heavy atom. The zero-order valence-corrected chi connectivity index (χ0v) is 11.1. The Hall–Kier alpha value is -1.56. The standard InChI is InChI=1S/C13H15FN2O2S/c14-10-4-2-1-3-9(10)7-15-13(18)11-8-19-6-5-12(17)16-11/h1-4,11H,5-8H2,(H,15,18)(H,16,17)/t11-/m1/s1. The molecule has 0 spiro atoms. The Balaban J connectivity index is 1.90. The number of nitrogens with one attached hydrogen (secondary N) is 2. The Bertz CT molecular complexity index is 481. The maximum Gasteiger partial charge on any atom is 0.243 e. The Kier molecular flexibility index (Phi) is 4.79. The van der Waals surface area contributed by atoms with Gasteiger partial charge in [0, 0.05) is 30.0 Å². The summed E-state index contributed by atoms with van der Waals surface area (Å²) in [4.78, 5) is 23.3. The van der Waals surface area contributed by atoms with E-state index in [4.69, 9.17) is 0 Å². The average molecular weight is 282 g/mol. The summed E-state index contributed by atoms with van der Waals surface area (Å²) >= 11 is 1.56. The molecular formula is C13H15FN2O2S. The van der Waals surface area contributed by atoms with Gasteiger partial charge < -0.3 is 10.6 Å². The smallest absolute Gasteiger partial charge is 0.243 e. The quantitative estimate of drug-likeness (QED) is 0.871. The topological polar surface area (TPSA) is 58.2 Å². The van der Waals surface area contributed by atoms with E-state index < -0.39 is 6.04 Å². The average Bonchev–Trinajstić information content (AvgIpc) is 2.62. The van der Waals surface area contributed by atoms with Crippen molar-refractivity contribution in [1.82, 2.24) is 10.6 Å². The van der Waals surface area contributed by atoms with E-state index in [0.717, 1.165) is 5.75 Å². The largest absolute Gasteiger partial charge is 0.350 e. The molecule has 1 aliphatic heterocycles. The predicted octanol–water partition coefficient (Wildman–Crippen LogP) is 1.06. The van der Waals surface area contributed by atoms with Gasteiger partial charge in [0.05, 0.1) is 0 Å². The van der Waals surface area contributed by atoms with Crippen molar-refractivity contribution in [3.8, 4) is 0 Å². The fourth-order valence-electron chi connectivity index (χ4n) is 1.76. The Labute approximate surface area is 115 Å².